The second-order valence-electron chi connectivity index (χ2n) is 8.15. The second-order valence-corrected chi connectivity index (χ2v) is 8.15. The Morgan fingerprint density at radius 2 is 1.84 bits per heavy atom. The molecule has 0 aromatic carbocycles. The summed E-state index contributed by atoms with van der Waals surface area (Å²) in [5.41, 5.74) is 0.0983. The highest BCUT2D eigenvalue weighted by Gasteiger charge is 2.72. The van der Waals surface area contributed by atoms with Crippen LogP contribution in [0.3, 0.4) is 0 Å². The van der Waals surface area contributed by atoms with E-state index in [1.165, 1.54) is 25.7 Å². The van der Waals surface area contributed by atoms with E-state index in [1.54, 1.807) is 6.92 Å². The van der Waals surface area contributed by atoms with E-state index in [9.17, 15) is 4.79 Å². The van der Waals surface area contributed by atoms with E-state index < -0.39 is 0 Å². The number of rotatable bonds is 1. The van der Waals surface area contributed by atoms with Gasteiger partial charge < -0.3 is 4.74 Å². The molecule has 0 N–H and O–H groups in total. The van der Waals surface area contributed by atoms with Crippen molar-refractivity contribution in [3.8, 4) is 0 Å². The van der Waals surface area contributed by atoms with Crippen LogP contribution >= 0.6 is 0 Å². The molecule has 0 amide bonds. The fourth-order valence-corrected chi connectivity index (χ4v) is 6.21. The Hall–Kier alpha value is -0.530. The van der Waals surface area contributed by atoms with Crippen LogP contribution in [0.15, 0.2) is 0 Å². The van der Waals surface area contributed by atoms with Gasteiger partial charge in [0.2, 0.25) is 0 Å². The topological polar surface area (TPSA) is 26.3 Å². The summed E-state index contributed by atoms with van der Waals surface area (Å²) in [5, 5.41) is 0. The third kappa shape index (κ3) is 1.41. The molecule has 4 rings (SSSR count). The Bertz CT molecular complexity index is 413. The first-order chi connectivity index (χ1) is 8.74. The molecule has 2 nitrogen and oxygen atoms in total. The number of hydrogen-bond acceptors (Lipinski definition) is 2. The lowest BCUT2D eigenvalue weighted by molar-refractivity contribution is -0.298. The molecule has 4 aliphatic carbocycles. The van der Waals surface area contributed by atoms with E-state index in [1.807, 2.05) is 0 Å². The smallest absolute Gasteiger partial charge is 0.303 e. The van der Waals surface area contributed by atoms with Gasteiger partial charge in [0.15, 0.2) is 0 Å². The average molecular weight is 264 g/mol. The molecular formula is C17H28O2. The van der Waals surface area contributed by atoms with Crippen LogP contribution in [-0.2, 0) is 9.53 Å². The summed E-state index contributed by atoms with van der Waals surface area (Å²) in [6.07, 6.45) is 6.17. The van der Waals surface area contributed by atoms with Gasteiger partial charge in [-0.3, -0.25) is 4.79 Å². The Morgan fingerprint density at radius 1 is 1.16 bits per heavy atom. The normalized spacial score (nSPS) is 50.9. The lowest BCUT2D eigenvalue weighted by Gasteiger charge is -2.72. The summed E-state index contributed by atoms with van der Waals surface area (Å²) in [4.78, 5) is 11.8. The highest BCUT2D eigenvalue weighted by atomic mass is 16.6. The molecule has 108 valence electrons. The molecule has 0 aromatic rings. The summed E-state index contributed by atoms with van der Waals surface area (Å²) in [6.45, 7) is 11.1. The van der Waals surface area contributed by atoms with Crippen molar-refractivity contribution >= 4 is 5.97 Å². The Kier molecular flexibility index (Phi) is 2.67. The van der Waals surface area contributed by atoms with Crippen molar-refractivity contribution in [2.75, 3.05) is 0 Å². The van der Waals surface area contributed by atoms with Crippen LogP contribution in [0.2, 0.25) is 0 Å². The quantitative estimate of drug-likeness (QED) is 0.664. The monoisotopic (exact) mass is 264 g/mol. The minimum atomic E-state index is -0.218. The van der Waals surface area contributed by atoms with Crippen LogP contribution in [0.4, 0.5) is 0 Å². The van der Waals surface area contributed by atoms with Crippen LogP contribution < -0.4 is 0 Å². The van der Waals surface area contributed by atoms with Gasteiger partial charge in [0.1, 0.15) is 5.60 Å². The second kappa shape index (κ2) is 3.77. The molecule has 0 aromatic heterocycles. The van der Waals surface area contributed by atoms with Crippen molar-refractivity contribution in [1.29, 1.82) is 0 Å². The van der Waals surface area contributed by atoms with Crippen LogP contribution in [0.1, 0.15) is 66.7 Å². The average Bonchev–Trinajstić information content (AvgIpc) is 2.30. The van der Waals surface area contributed by atoms with Crippen molar-refractivity contribution in [3.05, 3.63) is 0 Å². The maximum atomic E-state index is 11.8. The molecular weight excluding hydrogens is 236 g/mol. The van der Waals surface area contributed by atoms with Gasteiger partial charge in [-0.2, -0.15) is 0 Å². The van der Waals surface area contributed by atoms with Gasteiger partial charge in [-0.05, 0) is 49.9 Å². The summed E-state index contributed by atoms with van der Waals surface area (Å²) in [7, 11) is 0. The minimum Gasteiger partial charge on any atom is -0.458 e. The molecule has 0 unspecified atom stereocenters. The largest absolute Gasteiger partial charge is 0.458 e. The molecule has 2 heteroatoms. The van der Waals surface area contributed by atoms with Gasteiger partial charge in [0.25, 0.3) is 0 Å². The van der Waals surface area contributed by atoms with E-state index in [-0.39, 0.29) is 22.4 Å². The van der Waals surface area contributed by atoms with E-state index in [4.69, 9.17) is 4.74 Å². The zero-order valence-electron chi connectivity index (χ0n) is 13.1. The number of fused-ring (bicyclic) bond motifs is 1. The van der Waals surface area contributed by atoms with Gasteiger partial charge in [0, 0.05) is 17.8 Å². The maximum Gasteiger partial charge on any atom is 0.303 e. The fourth-order valence-electron chi connectivity index (χ4n) is 6.21. The Morgan fingerprint density at radius 3 is 2.47 bits per heavy atom. The van der Waals surface area contributed by atoms with Crippen LogP contribution in [-0.4, -0.2) is 11.6 Å². The van der Waals surface area contributed by atoms with Gasteiger partial charge in [-0.1, -0.05) is 27.7 Å². The van der Waals surface area contributed by atoms with Crippen LogP contribution in [0.25, 0.3) is 0 Å². The first-order valence-electron chi connectivity index (χ1n) is 7.94. The van der Waals surface area contributed by atoms with Crippen molar-refractivity contribution < 1.29 is 9.53 Å². The fraction of sp³-hybridized carbons (Fsp3) is 0.941. The Balaban J connectivity index is 2.13. The summed E-state index contributed by atoms with van der Waals surface area (Å²) < 4.78 is 6.11. The third-order valence-corrected chi connectivity index (χ3v) is 7.31. The van der Waals surface area contributed by atoms with Crippen molar-refractivity contribution in [2.45, 2.75) is 72.3 Å². The standard InChI is InChI=1S/C17H28O2/c1-11-6-9-17(19-12(2)18)15(3,4)13-7-8-16(17,5)14(11)10-13/h11,13-14H,6-10H2,1-5H3/t11-,13+,14-,16-,17+/m0/s1. The first-order valence-corrected chi connectivity index (χ1v) is 7.94. The molecule has 19 heavy (non-hydrogen) atoms. The van der Waals surface area contributed by atoms with Gasteiger partial charge in [-0.15, -0.1) is 0 Å². The number of esters is 1. The molecule has 0 radical (unpaired) electrons. The molecule has 4 bridgehead atoms. The Labute approximate surface area is 117 Å². The summed E-state index contributed by atoms with van der Waals surface area (Å²) in [6, 6.07) is 0. The lowest BCUT2D eigenvalue weighted by atomic mass is 9.35. The van der Waals surface area contributed by atoms with Crippen molar-refractivity contribution in [3.63, 3.8) is 0 Å². The first kappa shape index (κ1) is 13.5. The molecule has 5 atom stereocenters. The zero-order chi connectivity index (χ0) is 14.1. The predicted octanol–water partition coefficient (Wildman–Crippen LogP) is 4.18. The van der Waals surface area contributed by atoms with E-state index in [0.717, 1.165) is 24.2 Å². The minimum absolute atomic E-state index is 0.0878. The van der Waals surface area contributed by atoms with Gasteiger partial charge in [0.05, 0.1) is 0 Å². The van der Waals surface area contributed by atoms with E-state index in [2.05, 4.69) is 27.7 Å². The van der Waals surface area contributed by atoms with Crippen molar-refractivity contribution in [2.24, 2.45) is 28.6 Å². The molecule has 0 spiro atoms. The lowest BCUT2D eigenvalue weighted by Crippen LogP contribution is -2.72. The molecule has 0 saturated heterocycles. The SMILES string of the molecule is CC(=O)O[C@@]12CC[C@H](C)[C@@H]3C[C@@H](CC[C@@]31C)C2(C)C. The highest BCUT2D eigenvalue weighted by Crippen LogP contribution is 2.72. The molecule has 0 heterocycles. The van der Waals surface area contributed by atoms with Crippen LogP contribution in [0.5, 0.6) is 0 Å². The number of carbonyl (C=O) groups excluding carboxylic acids is 1. The van der Waals surface area contributed by atoms with E-state index in [0.29, 0.717) is 0 Å². The van der Waals surface area contributed by atoms with Gasteiger partial charge >= 0.3 is 5.97 Å². The number of hydrogen-bond donors (Lipinski definition) is 0. The number of carbonyl (C=O) groups is 1. The predicted molar refractivity (Wildman–Crippen MR) is 75.6 cm³/mol. The summed E-state index contributed by atoms with van der Waals surface area (Å²) in [5.74, 6) is 2.16. The third-order valence-electron chi connectivity index (χ3n) is 7.31. The number of ether oxygens (including phenoxy) is 1. The maximum absolute atomic E-state index is 11.8. The summed E-state index contributed by atoms with van der Waals surface area (Å²) >= 11 is 0. The molecule has 4 fully saturated rings. The zero-order valence-corrected chi connectivity index (χ0v) is 13.1. The molecule has 0 aliphatic heterocycles. The van der Waals surface area contributed by atoms with Crippen molar-refractivity contribution in [1.82, 2.24) is 0 Å². The molecule has 4 aliphatic rings. The highest BCUT2D eigenvalue weighted by molar-refractivity contribution is 5.67. The van der Waals surface area contributed by atoms with Crippen LogP contribution in [0, 0.1) is 28.6 Å². The molecule has 4 saturated carbocycles. The van der Waals surface area contributed by atoms with Gasteiger partial charge in [-0.25, -0.2) is 0 Å². The van der Waals surface area contributed by atoms with E-state index >= 15 is 0 Å².